The van der Waals surface area contributed by atoms with Crippen molar-refractivity contribution in [2.75, 3.05) is 26.5 Å². The number of anilines is 1. The number of likely N-dealkylation sites (N-methyl/N-ethyl adjacent to an activating group) is 1. The number of nitrogens with one attached hydrogen (secondary N) is 1. The average molecular weight is 473 g/mol. The molecule has 182 valence electrons. The van der Waals surface area contributed by atoms with Gasteiger partial charge in [0.15, 0.2) is 11.4 Å². The minimum atomic E-state index is -2.77. The summed E-state index contributed by atoms with van der Waals surface area (Å²) >= 11 is 0. The smallest absolute Gasteiger partial charge is 0.255 e. The number of nitrogens with two attached hydrogens (primary N) is 1. The van der Waals surface area contributed by atoms with Crippen molar-refractivity contribution < 1.29 is 39.9 Å². The van der Waals surface area contributed by atoms with Crippen LogP contribution in [0.5, 0.6) is 5.75 Å². The van der Waals surface area contributed by atoms with Crippen LogP contribution >= 0.6 is 0 Å². The van der Waals surface area contributed by atoms with Crippen LogP contribution in [0.25, 0.3) is 5.76 Å². The van der Waals surface area contributed by atoms with E-state index in [1.807, 2.05) is 0 Å². The van der Waals surface area contributed by atoms with Crippen LogP contribution in [0.4, 0.5) is 5.69 Å². The first-order valence-corrected chi connectivity index (χ1v) is 10.6. The summed E-state index contributed by atoms with van der Waals surface area (Å²) in [5.41, 5.74) is -0.438. The number of nitrogens with zero attached hydrogens (tertiary/aromatic N) is 1. The molecule has 1 aromatic rings. The highest BCUT2D eigenvalue weighted by molar-refractivity contribution is 6.24. The van der Waals surface area contributed by atoms with Gasteiger partial charge in [-0.05, 0) is 39.1 Å². The lowest BCUT2D eigenvalue weighted by molar-refractivity contribution is -0.159. The van der Waals surface area contributed by atoms with E-state index in [4.69, 9.17) is 5.73 Å². The Bertz CT molecular complexity index is 1210. The summed E-state index contributed by atoms with van der Waals surface area (Å²) in [6.07, 6.45) is -0.215. The molecule has 0 bridgehead atoms. The number of phenolic OH excluding ortho intramolecular Hbond substituents is 1. The predicted molar refractivity (Wildman–Crippen MR) is 120 cm³/mol. The average Bonchev–Trinajstić information content (AvgIpc) is 2.74. The van der Waals surface area contributed by atoms with Gasteiger partial charge in [-0.2, -0.15) is 0 Å². The zero-order chi connectivity index (χ0) is 25.5. The molecule has 11 heteroatoms. The Balaban J connectivity index is 2.05. The number of carbonyl (C=O) groups excluding carboxylic acids is 3. The summed E-state index contributed by atoms with van der Waals surface area (Å²) in [6.45, 7) is 1.40. The van der Waals surface area contributed by atoms with Crippen LogP contribution in [0.2, 0.25) is 0 Å². The van der Waals surface area contributed by atoms with E-state index in [1.54, 1.807) is 0 Å². The zero-order valence-corrected chi connectivity index (χ0v) is 19.1. The minimum absolute atomic E-state index is 0.148. The quantitative estimate of drug-likeness (QED) is 0.226. The van der Waals surface area contributed by atoms with Crippen molar-refractivity contribution in [2.24, 2.45) is 17.6 Å². The number of aliphatic hydroxyl groups is 4. The Morgan fingerprint density at radius 3 is 2.32 bits per heavy atom. The zero-order valence-electron chi connectivity index (χ0n) is 19.1. The largest absolute Gasteiger partial charge is 0.508 e. The standard InChI is InChI=1S/C23H27N3O8/c1-22(33)8-5-6-11(25-2)16(27)12(8)17(28)13-9(22)7-10-15(26(3)4)18(29)14(21(24)32)20(31)23(10,34)19(13)30/h5-6,9-10,15,25,27-28,31,33-34H,7H2,1-4H3,(H2,24,32)/t9-,10-,15-,22+,23-/m0/s1. The van der Waals surface area contributed by atoms with Gasteiger partial charge in [0.05, 0.1) is 22.9 Å². The fourth-order valence-corrected chi connectivity index (χ4v) is 5.75. The molecule has 4 rings (SSSR count). The van der Waals surface area contributed by atoms with E-state index in [0.29, 0.717) is 0 Å². The summed E-state index contributed by atoms with van der Waals surface area (Å²) in [7, 11) is 4.54. The molecule has 1 aromatic carbocycles. The Kier molecular flexibility index (Phi) is 5.09. The molecule has 5 atom stereocenters. The summed E-state index contributed by atoms with van der Waals surface area (Å²) < 4.78 is 0. The van der Waals surface area contributed by atoms with E-state index in [2.05, 4.69) is 5.32 Å². The number of hydrogen-bond donors (Lipinski definition) is 7. The lowest BCUT2D eigenvalue weighted by Gasteiger charge is -2.53. The van der Waals surface area contributed by atoms with Gasteiger partial charge < -0.3 is 36.6 Å². The molecule has 0 aromatic heterocycles. The summed E-state index contributed by atoms with van der Waals surface area (Å²) in [6, 6.07) is 1.77. The van der Waals surface area contributed by atoms with Crippen LogP contribution in [-0.4, -0.2) is 80.7 Å². The van der Waals surface area contributed by atoms with Crippen LogP contribution in [-0.2, 0) is 20.0 Å². The maximum Gasteiger partial charge on any atom is 0.255 e. The summed E-state index contributed by atoms with van der Waals surface area (Å²) in [5, 5.41) is 58.5. The summed E-state index contributed by atoms with van der Waals surface area (Å²) in [4.78, 5) is 40.3. The summed E-state index contributed by atoms with van der Waals surface area (Å²) in [5.74, 6) is -8.02. The highest BCUT2D eigenvalue weighted by Gasteiger charge is 2.66. The number of fused-ring (bicyclic) bond motifs is 3. The Morgan fingerprint density at radius 2 is 1.79 bits per heavy atom. The van der Waals surface area contributed by atoms with Gasteiger partial charge in [-0.15, -0.1) is 0 Å². The van der Waals surface area contributed by atoms with Gasteiger partial charge in [-0.1, -0.05) is 6.07 Å². The molecule has 8 N–H and O–H groups in total. The van der Waals surface area contributed by atoms with Crippen LogP contribution < -0.4 is 11.1 Å². The van der Waals surface area contributed by atoms with Crippen molar-refractivity contribution in [3.8, 4) is 5.75 Å². The second-order valence-corrected chi connectivity index (χ2v) is 9.39. The molecule has 3 aliphatic rings. The van der Waals surface area contributed by atoms with Gasteiger partial charge in [-0.3, -0.25) is 19.3 Å². The fourth-order valence-electron chi connectivity index (χ4n) is 5.75. The third-order valence-corrected chi connectivity index (χ3v) is 7.43. The van der Waals surface area contributed by atoms with Crippen molar-refractivity contribution in [3.05, 3.63) is 40.2 Å². The van der Waals surface area contributed by atoms with Crippen molar-refractivity contribution in [1.29, 1.82) is 0 Å². The molecule has 0 radical (unpaired) electrons. The molecule has 1 fully saturated rings. The normalized spacial score (nSPS) is 33.0. The van der Waals surface area contributed by atoms with Crippen LogP contribution in [0.1, 0.15) is 24.5 Å². The molecule has 11 nitrogen and oxygen atoms in total. The molecular formula is C23H27N3O8. The number of ketones is 2. The van der Waals surface area contributed by atoms with E-state index in [0.717, 1.165) is 0 Å². The van der Waals surface area contributed by atoms with Crippen molar-refractivity contribution in [3.63, 3.8) is 0 Å². The maximum atomic E-state index is 13.8. The first kappa shape index (κ1) is 23.7. The highest BCUT2D eigenvalue weighted by atomic mass is 16.3. The van der Waals surface area contributed by atoms with Crippen molar-refractivity contribution in [2.45, 2.75) is 30.6 Å². The van der Waals surface area contributed by atoms with Gasteiger partial charge in [0.1, 0.15) is 22.8 Å². The van der Waals surface area contributed by atoms with Gasteiger partial charge >= 0.3 is 0 Å². The molecule has 0 spiro atoms. The number of Topliss-reactive ketones (excluding diaryl/α,β-unsaturated/α-hetero) is 2. The number of amides is 1. The molecule has 1 saturated carbocycles. The fraction of sp³-hybridized carbons (Fsp3) is 0.435. The monoisotopic (exact) mass is 473 g/mol. The number of phenols is 1. The third kappa shape index (κ3) is 2.71. The number of rotatable bonds is 3. The lowest BCUT2D eigenvalue weighted by Crippen LogP contribution is -2.67. The first-order chi connectivity index (χ1) is 15.7. The first-order valence-electron chi connectivity index (χ1n) is 10.6. The second kappa shape index (κ2) is 7.29. The molecule has 0 unspecified atom stereocenters. The van der Waals surface area contributed by atoms with E-state index >= 15 is 0 Å². The Morgan fingerprint density at radius 1 is 1.18 bits per heavy atom. The number of primary amides is 1. The molecule has 0 heterocycles. The molecular weight excluding hydrogens is 446 g/mol. The van der Waals surface area contributed by atoms with Crippen LogP contribution in [0.15, 0.2) is 29.0 Å². The number of benzene rings is 1. The van der Waals surface area contributed by atoms with Gasteiger partial charge in [-0.25, -0.2) is 0 Å². The lowest BCUT2D eigenvalue weighted by atomic mass is 9.54. The van der Waals surface area contributed by atoms with Crippen molar-refractivity contribution in [1.82, 2.24) is 4.90 Å². The molecule has 1 amide bonds. The van der Waals surface area contributed by atoms with Crippen molar-refractivity contribution >= 4 is 28.9 Å². The van der Waals surface area contributed by atoms with Crippen LogP contribution in [0, 0.1) is 11.8 Å². The Hall–Kier alpha value is -3.41. The third-order valence-electron chi connectivity index (χ3n) is 7.43. The number of aliphatic hydroxyl groups excluding tert-OH is 2. The topological polar surface area (TPSA) is 194 Å². The van der Waals surface area contributed by atoms with E-state index < -0.39 is 75.0 Å². The van der Waals surface area contributed by atoms with Gasteiger partial charge in [0.2, 0.25) is 5.78 Å². The minimum Gasteiger partial charge on any atom is -0.508 e. The predicted octanol–water partition coefficient (Wildman–Crippen LogP) is -0.329. The van der Waals surface area contributed by atoms with Gasteiger partial charge in [0.25, 0.3) is 5.91 Å². The highest BCUT2D eigenvalue weighted by Crippen LogP contribution is 2.57. The SMILES string of the molecule is CNc1ccc2c(c1O)C(O)=C1C(=O)[C@]3(O)C(O)=C(C(N)=O)C(=O)[C@@H](N(C)C)[C@@H]3C[C@@H]1[C@]2(C)O. The Labute approximate surface area is 194 Å². The number of aromatic hydroxyl groups is 1. The number of carbonyl (C=O) groups is 3. The second-order valence-electron chi connectivity index (χ2n) is 9.39. The molecule has 34 heavy (non-hydrogen) atoms. The molecule has 3 aliphatic carbocycles. The maximum absolute atomic E-state index is 13.8. The van der Waals surface area contributed by atoms with E-state index in [9.17, 15) is 39.9 Å². The van der Waals surface area contributed by atoms with E-state index in [-0.39, 0.29) is 23.2 Å². The van der Waals surface area contributed by atoms with E-state index in [1.165, 1.54) is 45.1 Å². The molecule has 0 saturated heterocycles. The number of hydrogen-bond acceptors (Lipinski definition) is 10. The molecule has 0 aliphatic heterocycles. The van der Waals surface area contributed by atoms with Crippen LogP contribution in [0.3, 0.4) is 0 Å². The van der Waals surface area contributed by atoms with Gasteiger partial charge in [0, 0.05) is 24.5 Å².